The highest BCUT2D eigenvalue weighted by Crippen LogP contribution is 2.28. The van der Waals surface area contributed by atoms with Crippen LogP contribution in [0.15, 0.2) is 42.5 Å². The van der Waals surface area contributed by atoms with Gasteiger partial charge >= 0.3 is 0 Å². The second-order valence-electron chi connectivity index (χ2n) is 5.23. The summed E-state index contributed by atoms with van der Waals surface area (Å²) in [4.78, 5) is 4.74. The predicted octanol–water partition coefficient (Wildman–Crippen LogP) is 4.35. The standard InChI is InChI=1S/C16H16ClIN2/c1-19-11-20(9-12-3-2-4-14(17)7-12)10-13-8-15(18)5-6-16(13)19/h2-8H,9-11H2,1H3. The Morgan fingerprint density at radius 3 is 2.85 bits per heavy atom. The Morgan fingerprint density at radius 1 is 1.20 bits per heavy atom. The molecule has 0 fully saturated rings. The van der Waals surface area contributed by atoms with Gasteiger partial charge in [-0.25, -0.2) is 0 Å². The van der Waals surface area contributed by atoms with Gasteiger partial charge in [0, 0.05) is 34.4 Å². The molecule has 1 heterocycles. The number of benzene rings is 2. The van der Waals surface area contributed by atoms with Gasteiger partial charge in [0.2, 0.25) is 0 Å². The first kappa shape index (κ1) is 14.2. The molecule has 0 spiro atoms. The molecule has 2 nitrogen and oxygen atoms in total. The van der Waals surface area contributed by atoms with E-state index in [0.717, 1.165) is 24.8 Å². The van der Waals surface area contributed by atoms with E-state index in [-0.39, 0.29) is 0 Å². The number of hydrogen-bond donors (Lipinski definition) is 0. The average Bonchev–Trinajstić information content (AvgIpc) is 2.38. The lowest BCUT2D eigenvalue weighted by Gasteiger charge is -2.36. The van der Waals surface area contributed by atoms with E-state index in [1.807, 2.05) is 18.2 Å². The summed E-state index contributed by atoms with van der Waals surface area (Å²) in [5, 5.41) is 0.808. The van der Waals surface area contributed by atoms with Crippen LogP contribution in [0.3, 0.4) is 0 Å². The highest BCUT2D eigenvalue weighted by atomic mass is 127. The van der Waals surface area contributed by atoms with Crippen LogP contribution < -0.4 is 4.90 Å². The van der Waals surface area contributed by atoms with E-state index >= 15 is 0 Å². The third kappa shape index (κ3) is 3.10. The zero-order valence-electron chi connectivity index (χ0n) is 11.3. The Morgan fingerprint density at radius 2 is 2.05 bits per heavy atom. The number of nitrogens with zero attached hydrogens (tertiary/aromatic N) is 2. The largest absolute Gasteiger partial charge is 0.361 e. The molecule has 0 aromatic heterocycles. The van der Waals surface area contributed by atoms with Crippen molar-refractivity contribution in [1.82, 2.24) is 4.90 Å². The van der Waals surface area contributed by atoms with E-state index in [9.17, 15) is 0 Å². The molecule has 20 heavy (non-hydrogen) atoms. The monoisotopic (exact) mass is 398 g/mol. The van der Waals surface area contributed by atoms with Crippen LogP contribution in [0.4, 0.5) is 5.69 Å². The molecule has 2 aromatic rings. The zero-order chi connectivity index (χ0) is 14.1. The first-order chi connectivity index (χ1) is 9.61. The third-order valence-corrected chi connectivity index (χ3v) is 4.46. The van der Waals surface area contributed by atoms with E-state index in [4.69, 9.17) is 11.6 Å². The molecule has 0 amide bonds. The first-order valence-electron chi connectivity index (χ1n) is 6.58. The molecule has 0 bridgehead atoms. The SMILES string of the molecule is CN1CN(Cc2cccc(Cl)c2)Cc2cc(I)ccc21. The van der Waals surface area contributed by atoms with Crippen LogP contribution in [0.25, 0.3) is 0 Å². The first-order valence-corrected chi connectivity index (χ1v) is 8.04. The fourth-order valence-electron chi connectivity index (χ4n) is 2.72. The highest BCUT2D eigenvalue weighted by molar-refractivity contribution is 14.1. The Bertz CT molecular complexity index is 630. The Kier molecular flexibility index (Phi) is 4.19. The number of anilines is 1. The lowest BCUT2D eigenvalue weighted by molar-refractivity contribution is 0.248. The number of rotatable bonds is 2. The van der Waals surface area contributed by atoms with Gasteiger partial charge in [-0.2, -0.15) is 0 Å². The van der Waals surface area contributed by atoms with E-state index in [2.05, 4.69) is 63.7 Å². The van der Waals surface area contributed by atoms with Gasteiger partial charge in [0.25, 0.3) is 0 Å². The summed E-state index contributed by atoms with van der Waals surface area (Å²) < 4.78 is 1.29. The van der Waals surface area contributed by atoms with Gasteiger partial charge in [-0.3, -0.25) is 4.90 Å². The Balaban J connectivity index is 1.80. The van der Waals surface area contributed by atoms with Gasteiger partial charge < -0.3 is 4.90 Å². The van der Waals surface area contributed by atoms with Crippen molar-refractivity contribution >= 4 is 39.9 Å². The molecule has 0 aliphatic carbocycles. The van der Waals surface area contributed by atoms with Gasteiger partial charge in [0.15, 0.2) is 0 Å². The molecule has 0 saturated heterocycles. The van der Waals surface area contributed by atoms with Gasteiger partial charge in [0.1, 0.15) is 0 Å². The van der Waals surface area contributed by atoms with E-state index in [1.54, 1.807) is 0 Å². The summed E-state index contributed by atoms with van der Waals surface area (Å²) in [7, 11) is 2.15. The molecule has 0 atom stereocenters. The van der Waals surface area contributed by atoms with Gasteiger partial charge in [-0.15, -0.1) is 0 Å². The minimum absolute atomic E-state index is 0.808. The summed E-state index contributed by atoms with van der Waals surface area (Å²) in [6, 6.07) is 14.8. The summed E-state index contributed by atoms with van der Waals surface area (Å²) in [5.74, 6) is 0. The van der Waals surface area contributed by atoms with Gasteiger partial charge in [-0.1, -0.05) is 23.7 Å². The molecule has 2 aromatic carbocycles. The molecular weight excluding hydrogens is 383 g/mol. The average molecular weight is 399 g/mol. The molecule has 0 radical (unpaired) electrons. The normalized spacial score (nSPS) is 15.2. The topological polar surface area (TPSA) is 6.48 Å². The van der Waals surface area contributed by atoms with Crippen molar-refractivity contribution in [2.24, 2.45) is 0 Å². The third-order valence-electron chi connectivity index (χ3n) is 3.55. The van der Waals surface area contributed by atoms with Crippen molar-refractivity contribution in [3.8, 4) is 0 Å². The summed E-state index contributed by atoms with van der Waals surface area (Å²) in [6.45, 7) is 2.86. The zero-order valence-corrected chi connectivity index (χ0v) is 14.2. The van der Waals surface area contributed by atoms with Crippen LogP contribution in [0.5, 0.6) is 0 Å². The van der Waals surface area contributed by atoms with Gasteiger partial charge in [0.05, 0.1) is 6.67 Å². The van der Waals surface area contributed by atoms with Crippen LogP contribution in [0.2, 0.25) is 5.02 Å². The molecule has 104 valence electrons. The van der Waals surface area contributed by atoms with Crippen molar-refractivity contribution in [3.05, 3.63) is 62.2 Å². The van der Waals surface area contributed by atoms with Crippen LogP contribution >= 0.6 is 34.2 Å². The van der Waals surface area contributed by atoms with E-state index < -0.39 is 0 Å². The predicted molar refractivity (Wildman–Crippen MR) is 93.1 cm³/mol. The van der Waals surface area contributed by atoms with Crippen LogP contribution in [-0.4, -0.2) is 18.6 Å². The van der Waals surface area contributed by atoms with Crippen LogP contribution in [-0.2, 0) is 13.1 Å². The maximum absolute atomic E-state index is 6.06. The molecule has 0 N–H and O–H groups in total. The van der Waals surface area contributed by atoms with Crippen molar-refractivity contribution in [2.75, 3.05) is 18.6 Å². The van der Waals surface area contributed by atoms with Gasteiger partial charge in [-0.05, 0) is 64.0 Å². The summed E-state index contributed by atoms with van der Waals surface area (Å²) in [5.41, 5.74) is 4.00. The van der Waals surface area contributed by atoms with Crippen molar-refractivity contribution in [1.29, 1.82) is 0 Å². The maximum atomic E-state index is 6.06. The number of fused-ring (bicyclic) bond motifs is 1. The maximum Gasteiger partial charge on any atom is 0.0709 e. The van der Waals surface area contributed by atoms with Crippen molar-refractivity contribution in [3.63, 3.8) is 0 Å². The molecule has 0 saturated carbocycles. The fraction of sp³-hybridized carbons (Fsp3) is 0.250. The van der Waals surface area contributed by atoms with E-state index in [1.165, 1.54) is 20.4 Å². The Labute approximate surface area is 138 Å². The minimum Gasteiger partial charge on any atom is -0.361 e. The molecule has 0 unspecified atom stereocenters. The number of halogens is 2. The smallest absolute Gasteiger partial charge is 0.0709 e. The quantitative estimate of drug-likeness (QED) is 0.694. The molecule has 4 heteroatoms. The van der Waals surface area contributed by atoms with Crippen LogP contribution in [0.1, 0.15) is 11.1 Å². The second kappa shape index (κ2) is 5.92. The molecule has 1 aliphatic rings. The number of hydrogen-bond acceptors (Lipinski definition) is 2. The molecule has 3 rings (SSSR count). The van der Waals surface area contributed by atoms with Crippen LogP contribution in [0, 0.1) is 3.57 Å². The lowest BCUT2D eigenvalue weighted by Crippen LogP contribution is -2.39. The second-order valence-corrected chi connectivity index (χ2v) is 6.91. The lowest BCUT2D eigenvalue weighted by atomic mass is 10.1. The Hall–Kier alpha value is -0.780. The molecular formula is C16H16ClIN2. The highest BCUT2D eigenvalue weighted by Gasteiger charge is 2.20. The fourth-order valence-corrected chi connectivity index (χ4v) is 3.49. The van der Waals surface area contributed by atoms with Crippen molar-refractivity contribution in [2.45, 2.75) is 13.1 Å². The summed E-state index contributed by atoms with van der Waals surface area (Å²) >= 11 is 8.44. The summed E-state index contributed by atoms with van der Waals surface area (Å²) in [6.07, 6.45) is 0. The van der Waals surface area contributed by atoms with Crippen molar-refractivity contribution < 1.29 is 0 Å². The molecule has 1 aliphatic heterocycles. The van der Waals surface area contributed by atoms with E-state index in [0.29, 0.717) is 0 Å². The minimum atomic E-state index is 0.808.